The largest absolute Gasteiger partial charge is 0.299 e. The number of ketones is 1. The normalized spacial score (nSPS) is 23.2. The number of hydrogen-bond acceptors (Lipinski definition) is 2. The van der Waals surface area contributed by atoms with Gasteiger partial charge in [0.15, 0.2) is 0 Å². The van der Waals surface area contributed by atoms with Gasteiger partial charge in [-0.3, -0.25) is 4.79 Å². The van der Waals surface area contributed by atoms with Crippen LogP contribution in [0.3, 0.4) is 0 Å². The molecule has 0 bridgehead atoms. The van der Waals surface area contributed by atoms with Crippen molar-refractivity contribution in [1.29, 1.82) is 0 Å². The van der Waals surface area contributed by atoms with E-state index in [1.807, 2.05) is 31.2 Å². The predicted molar refractivity (Wildman–Crippen MR) is 69.3 cm³/mol. The number of Topliss-reactive ketones (excluding diaryl/α,β-unsaturated/α-hetero) is 1. The van der Waals surface area contributed by atoms with Crippen molar-refractivity contribution in [1.82, 2.24) is 0 Å². The standard InChI is InChI=1S/C14H16F2OS/c1-2-11-12(7-13(11)17)9-3-5-10(6-4-9)18-8-14(15)16/h3-6,11-12,14H,2,7-8H2,1H3. The third kappa shape index (κ3) is 2.91. The van der Waals surface area contributed by atoms with Crippen LogP contribution in [0, 0.1) is 5.92 Å². The molecule has 0 radical (unpaired) electrons. The van der Waals surface area contributed by atoms with Crippen molar-refractivity contribution in [3.05, 3.63) is 29.8 Å². The average molecular weight is 270 g/mol. The summed E-state index contributed by atoms with van der Waals surface area (Å²) in [5, 5.41) is 0. The summed E-state index contributed by atoms with van der Waals surface area (Å²) < 4.78 is 24.1. The zero-order chi connectivity index (χ0) is 13.1. The monoisotopic (exact) mass is 270 g/mol. The zero-order valence-corrected chi connectivity index (χ0v) is 11.1. The summed E-state index contributed by atoms with van der Waals surface area (Å²) in [6, 6.07) is 7.68. The van der Waals surface area contributed by atoms with Crippen molar-refractivity contribution >= 4 is 17.5 Å². The summed E-state index contributed by atoms with van der Waals surface area (Å²) in [5.41, 5.74) is 1.16. The molecule has 2 rings (SSSR count). The number of carbonyl (C=O) groups is 1. The van der Waals surface area contributed by atoms with Crippen molar-refractivity contribution in [2.45, 2.75) is 37.0 Å². The number of alkyl halides is 2. The van der Waals surface area contributed by atoms with Gasteiger partial charge in [0.05, 0.1) is 5.75 Å². The summed E-state index contributed by atoms with van der Waals surface area (Å²) in [7, 11) is 0. The lowest BCUT2D eigenvalue weighted by Gasteiger charge is -2.34. The number of benzene rings is 1. The molecule has 0 amide bonds. The van der Waals surface area contributed by atoms with E-state index in [1.54, 1.807) is 0 Å². The summed E-state index contributed by atoms with van der Waals surface area (Å²) in [6.45, 7) is 2.03. The number of rotatable bonds is 5. The first-order valence-corrected chi connectivity index (χ1v) is 7.14. The maximum absolute atomic E-state index is 12.1. The number of carbonyl (C=O) groups excluding carboxylic acids is 1. The molecule has 1 aromatic carbocycles. The lowest BCUT2D eigenvalue weighted by Crippen LogP contribution is -2.34. The Morgan fingerprint density at radius 1 is 1.33 bits per heavy atom. The fraction of sp³-hybridized carbons (Fsp3) is 0.500. The second-order valence-corrected chi connectivity index (χ2v) is 5.66. The van der Waals surface area contributed by atoms with Crippen LogP contribution in [0.25, 0.3) is 0 Å². The van der Waals surface area contributed by atoms with Gasteiger partial charge >= 0.3 is 0 Å². The van der Waals surface area contributed by atoms with Crippen LogP contribution in [0.15, 0.2) is 29.2 Å². The molecule has 0 aromatic heterocycles. The number of halogens is 2. The molecule has 2 atom stereocenters. The molecule has 1 aromatic rings. The smallest absolute Gasteiger partial charge is 0.247 e. The molecular formula is C14H16F2OS. The van der Waals surface area contributed by atoms with Gasteiger partial charge in [0.25, 0.3) is 0 Å². The third-order valence-electron chi connectivity index (χ3n) is 3.44. The van der Waals surface area contributed by atoms with Crippen LogP contribution >= 0.6 is 11.8 Å². The maximum atomic E-state index is 12.1. The van der Waals surface area contributed by atoms with Gasteiger partial charge in [-0.25, -0.2) is 8.78 Å². The van der Waals surface area contributed by atoms with E-state index >= 15 is 0 Å². The Hall–Kier alpha value is -0.900. The second kappa shape index (κ2) is 5.83. The van der Waals surface area contributed by atoms with Crippen molar-refractivity contribution < 1.29 is 13.6 Å². The fourth-order valence-corrected chi connectivity index (χ4v) is 3.05. The van der Waals surface area contributed by atoms with Gasteiger partial charge in [-0.15, -0.1) is 11.8 Å². The number of hydrogen-bond donors (Lipinski definition) is 0. The average Bonchev–Trinajstić information content (AvgIpc) is 2.34. The van der Waals surface area contributed by atoms with Crippen LogP contribution in [0.4, 0.5) is 8.78 Å². The van der Waals surface area contributed by atoms with Crippen molar-refractivity contribution in [2.75, 3.05) is 5.75 Å². The third-order valence-corrected chi connectivity index (χ3v) is 4.47. The molecule has 0 aliphatic heterocycles. The molecule has 4 heteroatoms. The van der Waals surface area contributed by atoms with Gasteiger partial charge in [0.2, 0.25) is 6.43 Å². The molecule has 0 spiro atoms. The second-order valence-electron chi connectivity index (χ2n) is 4.56. The molecule has 1 nitrogen and oxygen atoms in total. The Kier molecular flexibility index (Phi) is 4.38. The topological polar surface area (TPSA) is 17.1 Å². The zero-order valence-electron chi connectivity index (χ0n) is 10.2. The lowest BCUT2D eigenvalue weighted by atomic mass is 9.68. The Labute approximate surface area is 110 Å². The van der Waals surface area contributed by atoms with E-state index in [-0.39, 0.29) is 11.7 Å². The molecule has 0 N–H and O–H groups in total. The van der Waals surface area contributed by atoms with E-state index in [1.165, 1.54) is 0 Å². The molecule has 0 saturated heterocycles. The highest BCUT2D eigenvalue weighted by Gasteiger charge is 2.38. The van der Waals surface area contributed by atoms with E-state index in [0.29, 0.717) is 18.1 Å². The Morgan fingerprint density at radius 3 is 2.50 bits per heavy atom. The molecule has 1 saturated carbocycles. The maximum Gasteiger partial charge on any atom is 0.247 e. The van der Waals surface area contributed by atoms with Crippen LogP contribution in [-0.4, -0.2) is 18.0 Å². The minimum atomic E-state index is -2.27. The van der Waals surface area contributed by atoms with E-state index in [0.717, 1.165) is 28.6 Å². The SMILES string of the molecule is CCC1C(=O)CC1c1ccc(SCC(F)F)cc1. The van der Waals surface area contributed by atoms with Gasteiger partial charge in [0, 0.05) is 23.2 Å². The fourth-order valence-electron chi connectivity index (χ4n) is 2.41. The lowest BCUT2D eigenvalue weighted by molar-refractivity contribution is -0.131. The molecule has 18 heavy (non-hydrogen) atoms. The highest BCUT2D eigenvalue weighted by Crippen LogP contribution is 2.41. The molecule has 98 valence electrons. The van der Waals surface area contributed by atoms with E-state index in [4.69, 9.17) is 0 Å². The van der Waals surface area contributed by atoms with Crippen molar-refractivity contribution in [2.24, 2.45) is 5.92 Å². The summed E-state index contributed by atoms with van der Waals surface area (Å²) in [6.07, 6.45) is -0.767. The predicted octanol–water partition coefficient (Wildman–Crippen LogP) is 4.13. The summed E-state index contributed by atoms with van der Waals surface area (Å²) in [4.78, 5) is 12.3. The van der Waals surface area contributed by atoms with Crippen LogP contribution in [0.5, 0.6) is 0 Å². The van der Waals surface area contributed by atoms with Crippen molar-refractivity contribution in [3.63, 3.8) is 0 Å². The minimum absolute atomic E-state index is 0.157. The molecule has 1 aliphatic rings. The van der Waals surface area contributed by atoms with Gasteiger partial charge in [-0.2, -0.15) is 0 Å². The summed E-state index contributed by atoms with van der Waals surface area (Å²) >= 11 is 1.16. The van der Waals surface area contributed by atoms with Crippen molar-refractivity contribution in [3.8, 4) is 0 Å². The summed E-state index contributed by atoms with van der Waals surface area (Å²) in [5.74, 6) is 0.665. The van der Waals surface area contributed by atoms with Gasteiger partial charge in [-0.05, 0) is 24.1 Å². The van der Waals surface area contributed by atoms with Gasteiger partial charge < -0.3 is 0 Å². The van der Waals surface area contributed by atoms with Crippen LogP contribution in [-0.2, 0) is 4.79 Å². The number of thioether (sulfide) groups is 1. The van der Waals surface area contributed by atoms with Crippen LogP contribution < -0.4 is 0 Å². The molecule has 1 fully saturated rings. The molecule has 0 heterocycles. The van der Waals surface area contributed by atoms with Gasteiger partial charge in [0.1, 0.15) is 5.78 Å². The highest BCUT2D eigenvalue weighted by atomic mass is 32.2. The van der Waals surface area contributed by atoms with E-state index < -0.39 is 6.43 Å². The first-order valence-electron chi connectivity index (χ1n) is 6.15. The van der Waals surface area contributed by atoms with E-state index in [9.17, 15) is 13.6 Å². The Morgan fingerprint density at radius 2 is 2.00 bits per heavy atom. The first kappa shape index (κ1) is 13.5. The quantitative estimate of drug-likeness (QED) is 0.748. The molecule has 2 unspecified atom stereocenters. The molecule has 1 aliphatic carbocycles. The van der Waals surface area contributed by atoms with E-state index in [2.05, 4.69) is 0 Å². The first-order chi connectivity index (χ1) is 8.61. The Balaban J connectivity index is 1.98. The highest BCUT2D eigenvalue weighted by molar-refractivity contribution is 7.99. The van der Waals surface area contributed by atoms with Crippen LogP contribution in [0.1, 0.15) is 31.2 Å². The Bertz CT molecular complexity index is 416. The van der Waals surface area contributed by atoms with Gasteiger partial charge in [-0.1, -0.05) is 19.1 Å². The minimum Gasteiger partial charge on any atom is -0.299 e. The molecular weight excluding hydrogens is 254 g/mol. The van der Waals surface area contributed by atoms with Crippen LogP contribution in [0.2, 0.25) is 0 Å².